The molecule has 1 aliphatic carbocycles. The summed E-state index contributed by atoms with van der Waals surface area (Å²) in [5.74, 6) is 0. The maximum absolute atomic E-state index is 2.31. The smallest absolute Gasteiger partial charge is 1.00 e. The van der Waals surface area contributed by atoms with E-state index in [0.29, 0.717) is 0 Å². The Balaban J connectivity index is 0. The molecule has 0 saturated heterocycles. The molecule has 20 heavy (non-hydrogen) atoms. The standard InChI is InChI=1S/C16H19.3ClH.Ti/c1-3-16(4-2,15-12-8-9-13-15)14-10-6-5-7-11-14;;;;/h5-11H,3-4,12H2,1-2H3;3*1H;/q;;;;+3/p-3. The van der Waals surface area contributed by atoms with Crippen LogP contribution in [0.5, 0.6) is 0 Å². The second-order valence-corrected chi connectivity index (χ2v) is 5.50. The molecule has 0 N–H and O–H groups in total. The molecular formula is C16H19Cl3Ti. The fourth-order valence-corrected chi connectivity index (χ4v) is 3.69. The minimum Gasteiger partial charge on any atom is -1.00 e. The van der Waals surface area contributed by atoms with Gasteiger partial charge in [-0.05, 0) is 0 Å². The average Bonchev–Trinajstić information content (AvgIpc) is 2.80. The van der Waals surface area contributed by atoms with Crippen molar-refractivity contribution in [1.29, 1.82) is 0 Å². The van der Waals surface area contributed by atoms with E-state index in [1.807, 2.05) is 0 Å². The van der Waals surface area contributed by atoms with Crippen LogP contribution in [-0.4, -0.2) is 0 Å². The van der Waals surface area contributed by atoms with E-state index in [4.69, 9.17) is 0 Å². The van der Waals surface area contributed by atoms with Gasteiger partial charge in [-0.15, -0.1) is 0 Å². The van der Waals surface area contributed by atoms with E-state index in [-0.39, 0.29) is 42.6 Å². The van der Waals surface area contributed by atoms with Gasteiger partial charge in [0.25, 0.3) is 0 Å². The van der Waals surface area contributed by atoms with Gasteiger partial charge < -0.3 is 37.2 Å². The van der Waals surface area contributed by atoms with Gasteiger partial charge in [-0.1, -0.05) is 0 Å². The summed E-state index contributed by atoms with van der Waals surface area (Å²) in [4.78, 5) is 0. The van der Waals surface area contributed by atoms with Gasteiger partial charge in [-0.3, -0.25) is 0 Å². The largest absolute Gasteiger partial charge is 1.00 e. The fourth-order valence-electron chi connectivity index (χ4n) is 2.97. The maximum atomic E-state index is 2.31. The monoisotopic (exact) mass is 364 g/mol. The van der Waals surface area contributed by atoms with Gasteiger partial charge in [-0.25, -0.2) is 0 Å². The van der Waals surface area contributed by atoms with E-state index in [0.717, 1.165) is 6.42 Å². The molecule has 2 rings (SSSR count). The Hall–Kier alpha value is 0.284. The molecule has 0 aromatic heterocycles. The molecule has 0 nitrogen and oxygen atoms in total. The molecule has 1 aromatic carbocycles. The van der Waals surface area contributed by atoms with Gasteiger partial charge in [0, 0.05) is 0 Å². The van der Waals surface area contributed by atoms with Gasteiger partial charge in [-0.2, -0.15) is 0 Å². The number of allylic oxidation sites excluding steroid dienone is 4. The number of hydrogen-bond acceptors (Lipinski definition) is 0. The Morgan fingerprint density at radius 2 is 1.55 bits per heavy atom. The zero-order chi connectivity index (χ0) is 12.3. The maximum Gasteiger partial charge on any atom is -1.00 e. The predicted octanol–water partition coefficient (Wildman–Crippen LogP) is -4.48. The van der Waals surface area contributed by atoms with Gasteiger partial charge in [0.1, 0.15) is 0 Å². The molecule has 0 bridgehead atoms. The van der Waals surface area contributed by atoms with Crippen molar-refractivity contribution in [3.63, 3.8) is 0 Å². The molecule has 0 aliphatic heterocycles. The summed E-state index contributed by atoms with van der Waals surface area (Å²) in [5, 5.41) is 0. The van der Waals surface area contributed by atoms with Crippen LogP contribution in [0.4, 0.5) is 0 Å². The molecular weight excluding hydrogens is 346 g/mol. The van der Waals surface area contributed by atoms with E-state index < -0.39 is 0 Å². The molecule has 0 atom stereocenters. The van der Waals surface area contributed by atoms with E-state index in [9.17, 15) is 0 Å². The third-order valence-electron chi connectivity index (χ3n) is 4.04. The molecule has 1 aliphatic rings. The minimum atomic E-state index is 0. The molecule has 0 saturated carbocycles. The van der Waals surface area contributed by atoms with Crippen molar-refractivity contribution >= 4 is 0 Å². The molecule has 108 valence electrons. The minimum absolute atomic E-state index is 0. The summed E-state index contributed by atoms with van der Waals surface area (Å²) in [5.41, 5.74) is 3.34. The van der Waals surface area contributed by atoms with Crippen LogP contribution in [0, 0.1) is 0 Å². The second kappa shape index (κ2) is 10.1. The molecule has 0 amide bonds. The Labute approximate surface area is 153 Å². The quantitative estimate of drug-likeness (QED) is 0.472. The van der Waals surface area contributed by atoms with Crippen molar-refractivity contribution in [2.24, 2.45) is 0 Å². The number of hydrogen-bond donors (Lipinski definition) is 0. The molecule has 0 unspecified atom stereocenters. The third kappa shape index (κ3) is 4.15. The van der Waals surface area contributed by atoms with E-state index in [1.165, 1.54) is 22.3 Å². The van der Waals surface area contributed by atoms with Crippen molar-refractivity contribution in [2.75, 3.05) is 0 Å². The van der Waals surface area contributed by atoms with Crippen molar-refractivity contribution in [1.82, 2.24) is 0 Å². The number of rotatable bonds is 4. The first-order chi connectivity index (χ1) is 8.24. The van der Waals surface area contributed by atoms with E-state index in [1.54, 1.807) is 5.57 Å². The Morgan fingerprint density at radius 3 is 1.95 bits per heavy atom. The Morgan fingerprint density at radius 1 is 1.00 bits per heavy atom. The fraction of sp³-hybridized carbons (Fsp3) is 0.375. The van der Waals surface area contributed by atoms with Crippen LogP contribution >= 0.6 is 0 Å². The van der Waals surface area contributed by atoms with E-state index >= 15 is 0 Å². The van der Waals surface area contributed by atoms with E-state index in [2.05, 4.69) is 76.8 Å². The summed E-state index contributed by atoms with van der Waals surface area (Å²) in [6.07, 6.45) is 8.07. The zero-order valence-corrected chi connectivity index (χ0v) is 15.6. The molecule has 0 radical (unpaired) electrons. The van der Waals surface area contributed by atoms with Crippen molar-refractivity contribution in [2.45, 2.75) is 38.5 Å². The van der Waals surface area contributed by atoms with Crippen LogP contribution in [0.2, 0.25) is 0 Å². The molecule has 0 spiro atoms. The zero-order valence-electron chi connectivity index (χ0n) is 11.8. The first-order valence-corrected chi connectivity index (χ1v) is 7.20. The van der Waals surface area contributed by atoms with Crippen molar-refractivity contribution < 1.29 is 57.7 Å². The van der Waals surface area contributed by atoms with Crippen LogP contribution in [0.1, 0.15) is 38.7 Å². The summed E-state index contributed by atoms with van der Waals surface area (Å²) in [6, 6.07) is 11.0. The molecule has 0 fully saturated rings. The number of halogens is 3. The molecule has 1 aromatic rings. The summed E-state index contributed by atoms with van der Waals surface area (Å²) < 4.78 is 1.47. The predicted molar refractivity (Wildman–Crippen MR) is 69.5 cm³/mol. The number of benzene rings is 1. The van der Waals surface area contributed by atoms with Gasteiger partial charge in [0.15, 0.2) is 0 Å². The normalized spacial score (nSPS) is 13.4. The summed E-state index contributed by atoms with van der Waals surface area (Å²) >= 11 is 2.25. The molecule has 4 heteroatoms. The van der Waals surface area contributed by atoms with Crippen LogP contribution in [0.3, 0.4) is 0 Å². The van der Waals surface area contributed by atoms with Crippen LogP contribution in [-0.2, 0) is 25.9 Å². The van der Waals surface area contributed by atoms with Crippen molar-refractivity contribution in [3.8, 4) is 0 Å². The first-order valence-electron chi connectivity index (χ1n) is 6.42. The van der Waals surface area contributed by atoms with Gasteiger partial charge in [0.2, 0.25) is 0 Å². The van der Waals surface area contributed by atoms with Crippen LogP contribution in [0.15, 0.2) is 51.9 Å². The molecule has 0 heterocycles. The van der Waals surface area contributed by atoms with Crippen LogP contribution in [0.25, 0.3) is 0 Å². The second-order valence-electron chi connectivity index (χ2n) is 4.65. The van der Waals surface area contributed by atoms with Gasteiger partial charge >= 0.3 is 116 Å². The average molecular weight is 366 g/mol. The van der Waals surface area contributed by atoms with Crippen molar-refractivity contribution in [3.05, 3.63) is 57.5 Å². The summed E-state index contributed by atoms with van der Waals surface area (Å²) in [6.45, 7) is 4.63. The first kappa shape index (κ1) is 22.6. The Kier molecular flexibility index (Phi) is 11.4. The Bertz CT molecular complexity index is 448. The topological polar surface area (TPSA) is 0 Å². The van der Waals surface area contributed by atoms with Crippen LogP contribution < -0.4 is 37.2 Å². The SMILES string of the molecule is CCC(CC)(C1=[C]([Ti+3])C=CC1)c1ccccc1.[Cl-].[Cl-].[Cl-]. The summed E-state index contributed by atoms with van der Waals surface area (Å²) in [7, 11) is 0. The third-order valence-corrected chi connectivity index (χ3v) is 4.77. The van der Waals surface area contributed by atoms with Gasteiger partial charge in [0.05, 0.1) is 0 Å².